The van der Waals surface area contributed by atoms with E-state index in [9.17, 15) is 4.79 Å². The van der Waals surface area contributed by atoms with E-state index >= 15 is 0 Å². The standard InChI is InChI=1S/C15H20N4O2/c1-9-2-3-10(15(17)20)7-19(9)8-14-18-12-6-11(16)4-5-13(12)21-14/h4-6,9-10H,2-3,7-8,16H2,1H3,(H2,17,20). The Kier molecular flexibility index (Phi) is 3.55. The molecule has 2 aromatic rings. The van der Waals surface area contributed by atoms with Crippen LogP contribution in [0.15, 0.2) is 22.6 Å². The molecule has 1 aliphatic rings. The first-order chi connectivity index (χ1) is 10.0. The minimum absolute atomic E-state index is 0.0822. The fourth-order valence-corrected chi connectivity index (χ4v) is 2.87. The number of likely N-dealkylation sites (tertiary alicyclic amines) is 1. The molecule has 0 radical (unpaired) electrons. The minimum atomic E-state index is -0.225. The highest BCUT2D eigenvalue weighted by molar-refractivity contribution is 5.77. The molecule has 0 saturated carbocycles. The molecule has 1 aliphatic heterocycles. The number of hydrogen-bond acceptors (Lipinski definition) is 5. The Hall–Kier alpha value is -2.08. The smallest absolute Gasteiger partial charge is 0.221 e. The van der Waals surface area contributed by atoms with Crippen LogP contribution in [0.2, 0.25) is 0 Å². The Morgan fingerprint density at radius 2 is 2.29 bits per heavy atom. The van der Waals surface area contributed by atoms with E-state index in [0.29, 0.717) is 30.7 Å². The molecular formula is C15H20N4O2. The van der Waals surface area contributed by atoms with E-state index < -0.39 is 0 Å². The van der Waals surface area contributed by atoms with E-state index in [1.807, 2.05) is 6.07 Å². The fourth-order valence-electron chi connectivity index (χ4n) is 2.87. The van der Waals surface area contributed by atoms with Gasteiger partial charge in [0, 0.05) is 18.3 Å². The van der Waals surface area contributed by atoms with Gasteiger partial charge in [0.2, 0.25) is 11.8 Å². The number of carbonyl (C=O) groups excluding carboxylic acids is 1. The number of carbonyl (C=O) groups is 1. The second-order valence-electron chi connectivity index (χ2n) is 5.79. The Morgan fingerprint density at radius 1 is 1.48 bits per heavy atom. The van der Waals surface area contributed by atoms with Crippen molar-refractivity contribution in [3.05, 3.63) is 24.1 Å². The molecule has 1 aromatic heterocycles. The number of fused-ring (bicyclic) bond motifs is 1. The quantitative estimate of drug-likeness (QED) is 0.834. The first-order valence-electron chi connectivity index (χ1n) is 7.21. The number of aromatic nitrogens is 1. The third kappa shape index (κ3) is 2.85. The maximum atomic E-state index is 11.4. The summed E-state index contributed by atoms with van der Waals surface area (Å²) in [6, 6.07) is 5.81. The number of oxazole rings is 1. The Balaban J connectivity index is 1.78. The summed E-state index contributed by atoms with van der Waals surface area (Å²) in [6.45, 7) is 3.40. The zero-order valence-electron chi connectivity index (χ0n) is 12.1. The van der Waals surface area contributed by atoms with Crippen molar-refractivity contribution in [3.8, 4) is 0 Å². The first kappa shape index (κ1) is 13.9. The van der Waals surface area contributed by atoms with Crippen LogP contribution in [-0.2, 0) is 11.3 Å². The summed E-state index contributed by atoms with van der Waals surface area (Å²) in [5.41, 5.74) is 13.3. The van der Waals surface area contributed by atoms with Crippen LogP contribution in [0.5, 0.6) is 0 Å². The van der Waals surface area contributed by atoms with Crippen LogP contribution in [-0.4, -0.2) is 28.4 Å². The molecule has 1 fully saturated rings. The first-order valence-corrected chi connectivity index (χ1v) is 7.21. The monoisotopic (exact) mass is 288 g/mol. The van der Waals surface area contributed by atoms with Crippen molar-refractivity contribution in [2.45, 2.75) is 32.4 Å². The van der Waals surface area contributed by atoms with E-state index in [4.69, 9.17) is 15.9 Å². The van der Waals surface area contributed by atoms with Gasteiger partial charge in [0.05, 0.1) is 12.5 Å². The average molecular weight is 288 g/mol. The number of hydrogen-bond donors (Lipinski definition) is 2. The molecule has 2 unspecified atom stereocenters. The van der Waals surface area contributed by atoms with Gasteiger partial charge in [-0.05, 0) is 38.0 Å². The summed E-state index contributed by atoms with van der Waals surface area (Å²) in [4.78, 5) is 18.0. The van der Waals surface area contributed by atoms with Crippen molar-refractivity contribution in [2.24, 2.45) is 11.7 Å². The normalized spacial score (nSPS) is 23.5. The van der Waals surface area contributed by atoms with Crippen molar-refractivity contribution in [1.82, 2.24) is 9.88 Å². The van der Waals surface area contributed by atoms with Gasteiger partial charge < -0.3 is 15.9 Å². The van der Waals surface area contributed by atoms with Gasteiger partial charge in [0.15, 0.2) is 5.58 Å². The number of nitrogen functional groups attached to an aromatic ring is 1. The molecule has 1 saturated heterocycles. The van der Waals surface area contributed by atoms with Gasteiger partial charge in [-0.3, -0.25) is 9.69 Å². The molecule has 21 heavy (non-hydrogen) atoms. The molecule has 0 spiro atoms. The molecule has 3 rings (SSSR count). The predicted octanol–water partition coefficient (Wildman–Crippen LogP) is 1.50. The molecular weight excluding hydrogens is 268 g/mol. The molecule has 6 heteroatoms. The van der Waals surface area contributed by atoms with Gasteiger partial charge in [0.25, 0.3) is 0 Å². The summed E-state index contributed by atoms with van der Waals surface area (Å²) in [7, 11) is 0. The second-order valence-corrected chi connectivity index (χ2v) is 5.79. The highest BCUT2D eigenvalue weighted by Gasteiger charge is 2.29. The van der Waals surface area contributed by atoms with Crippen LogP contribution >= 0.6 is 0 Å². The Morgan fingerprint density at radius 3 is 3.05 bits per heavy atom. The third-order valence-electron chi connectivity index (χ3n) is 4.21. The Labute approximate surface area is 123 Å². The van der Waals surface area contributed by atoms with Gasteiger partial charge in [0.1, 0.15) is 5.52 Å². The highest BCUT2D eigenvalue weighted by atomic mass is 16.3. The average Bonchev–Trinajstić information content (AvgIpc) is 2.82. The molecule has 2 atom stereocenters. The summed E-state index contributed by atoms with van der Waals surface area (Å²) in [5, 5.41) is 0. The number of amides is 1. The fraction of sp³-hybridized carbons (Fsp3) is 0.467. The van der Waals surface area contributed by atoms with Crippen molar-refractivity contribution in [1.29, 1.82) is 0 Å². The zero-order chi connectivity index (χ0) is 15.0. The molecule has 1 aromatic carbocycles. The van der Waals surface area contributed by atoms with E-state index in [1.165, 1.54) is 0 Å². The van der Waals surface area contributed by atoms with Gasteiger partial charge >= 0.3 is 0 Å². The predicted molar refractivity (Wildman–Crippen MR) is 80.2 cm³/mol. The van der Waals surface area contributed by atoms with Gasteiger partial charge in [-0.25, -0.2) is 4.98 Å². The number of piperidine rings is 1. The molecule has 0 bridgehead atoms. The van der Waals surface area contributed by atoms with Crippen LogP contribution < -0.4 is 11.5 Å². The maximum absolute atomic E-state index is 11.4. The zero-order valence-corrected chi connectivity index (χ0v) is 12.1. The van der Waals surface area contributed by atoms with Crippen molar-refractivity contribution < 1.29 is 9.21 Å². The van der Waals surface area contributed by atoms with E-state index in [0.717, 1.165) is 23.9 Å². The van der Waals surface area contributed by atoms with Crippen molar-refractivity contribution in [3.63, 3.8) is 0 Å². The lowest BCUT2D eigenvalue weighted by Crippen LogP contribution is -2.45. The maximum Gasteiger partial charge on any atom is 0.221 e. The number of anilines is 1. The number of rotatable bonds is 3. The summed E-state index contributed by atoms with van der Waals surface area (Å²) >= 11 is 0. The van der Waals surface area contributed by atoms with Crippen LogP contribution in [0.4, 0.5) is 5.69 Å². The van der Waals surface area contributed by atoms with E-state index in [1.54, 1.807) is 12.1 Å². The molecule has 4 N–H and O–H groups in total. The molecule has 6 nitrogen and oxygen atoms in total. The summed E-state index contributed by atoms with van der Waals surface area (Å²) < 4.78 is 5.75. The summed E-state index contributed by atoms with van der Waals surface area (Å²) in [5.74, 6) is 0.339. The third-order valence-corrected chi connectivity index (χ3v) is 4.21. The lowest BCUT2D eigenvalue weighted by Gasteiger charge is -2.35. The molecule has 112 valence electrons. The van der Waals surface area contributed by atoms with Gasteiger partial charge in [-0.15, -0.1) is 0 Å². The lowest BCUT2D eigenvalue weighted by molar-refractivity contribution is -0.124. The topological polar surface area (TPSA) is 98.4 Å². The molecule has 1 amide bonds. The van der Waals surface area contributed by atoms with Gasteiger partial charge in [-0.1, -0.05) is 0 Å². The minimum Gasteiger partial charge on any atom is -0.439 e. The molecule has 2 heterocycles. The Bertz CT molecular complexity index is 667. The van der Waals surface area contributed by atoms with Crippen molar-refractivity contribution >= 4 is 22.7 Å². The SMILES string of the molecule is CC1CCC(C(N)=O)CN1Cc1nc2cc(N)ccc2o1. The number of primary amides is 1. The second kappa shape index (κ2) is 5.37. The van der Waals surface area contributed by atoms with Crippen LogP contribution in [0, 0.1) is 5.92 Å². The lowest BCUT2D eigenvalue weighted by atomic mass is 9.93. The van der Waals surface area contributed by atoms with Crippen LogP contribution in [0.25, 0.3) is 11.1 Å². The molecule has 0 aliphatic carbocycles. The van der Waals surface area contributed by atoms with Crippen LogP contribution in [0.1, 0.15) is 25.7 Å². The number of nitrogens with zero attached hydrogens (tertiary/aromatic N) is 2. The van der Waals surface area contributed by atoms with E-state index in [2.05, 4.69) is 16.8 Å². The summed E-state index contributed by atoms with van der Waals surface area (Å²) in [6.07, 6.45) is 1.82. The number of nitrogens with two attached hydrogens (primary N) is 2. The van der Waals surface area contributed by atoms with Crippen molar-refractivity contribution in [2.75, 3.05) is 12.3 Å². The van der Waals surface area contributed by atoms with Crippen LogP contribution in [0.3, 0.4) is 0 Å². The number of benzene rings is 1. The largest absolute Gasteiger partial charge is 0.439 e. The van der Waals surface area contributed by atoms with E-state index in [-0.39, 0.29) is 11.8 Å². The van der Waals surface area contributed by atoms with Gasteiger partial charge in [-0.2, -0.15) is 0 Å². The highest BCUT2D eigenvalue weighted by Crippen LogP contribution is 2.25.